The molecule has 32 heavy (non-hydrogen) atoms. The van der Waals surface area contributed by atoms with Gasteiger partial charge in [-0.15, -0.1) is 0 Å². The number of halogens is 2. The van der Waals surface area contributed by atoms with E-state index >= 15 is 0 Å². The van der Waals surface area contributed by atoms with Crippen molar-refractivity contribution in [2.75, 3.05) is 14.2 Å². The number of ether oxygens (including phenoxy) is 3. The van der Waals surface area contributed by atoms with Crippen molar-refractivity contribution in [2.45, 2.75) is 29.6 Å². The molecule has 0 spiro atoms. The summed E-state index contributed by atoms with van der Waals surface area (Å²) in [5, 5.41) is 13.0. The molecular formula is C25H23ClFNO4. The molecule has 4 atom stereocenters. The van der Waals surface area contributed by atoms with E-state index in [1.54, 1.807) is 37.4 Å². The molecule has 7 heteroatoms. The molecule has 5 nitrogen and oxygen atoms in total. The molecule has 0 bridgehead atoms. The lowest BCUT2D eigenvalue weighted by atomic mass is 9.71. The zero-order valence-corrected chi connectivity index (χ0v) is 18.4. The van der Waals surface area contributed by atoms with Gasteiger partial charge in [-0.3, -0.25) is 0 Å². The monoisotopic (exact) mass is 455 g/mol. The van der Waals surface area contributed by atoms with E-state index in [0.717, 1.165) is 0 Å². The van der Waals surface area contributed by atoms with Crippen LogP contribution in [0.3, 0.4) is 0 Å². The summed E-state index contributed by atoms with van der Waals surface area (Å²) in [5.41, 5.74) is 5.50. The molecule has 5 rings (SSSR count). The maximum absolute atomic E-state index is 14.2. The Balaban J connectivity index is 1.82. The van der Waals surface area contributed by atoms with Gasteiger partial charge in [0.15, 0.2) is 11.2 Å². The summed E-state index contributed by atoms with van der Waals surface area (Å²) in [6.45, 7) is 0. The Morgan fingerprint density at radius 2 is 1.84 bits per heavy atom. The van der Waals surface area contributed by atoms with Gasteiger partial charge >= 0.3 is 0 Å². The fourth-order valence-corrected chi connectivity index (χ4v) is 5.52. The highest BCUT2D eigenvalue weighted by molar-refractivity contribution is 6.30. The zero-order valence-electron chi connectivity index (χ0n) is 17.6. The number of aliphatic hydroxyl groups is 1. The molecule has 0 radical (unpaired) electrons. The highest BCUT2D eigenvalue weighted by atomic mass is 35.5. The largest absolute Gasteiger partial charge is 0.496 e. The second-order valence-electron chi connectivity index (χ2n) is 8.26. The van der Waals surface area contributed by atoms with Crippen molar-refractivity contribution in [1.82, 2.24) is 0 Å². The van der Waals surface area contributed by atoms with Gasteiger partial charge in [0.1, 0.15) is 23.1 Å². The van der Waals surface area contributed by atoms with Crippen LogP contribution in [0.5, 0.6) is 17.2 Å². The van der Waals surface area contributed by atoms with Crippen LogP contribution in [0.25, 0.3) is 0 Å². The number of nitrogens with two attached hydrogens (primary N) is 1. The molecule has 1 saturated carbocycles. The first-order chi connectivity index (χ1) is 15.3. The Morgan fingerprint density at radius 3 is 2.50 bits per heavy atom. The summed E-state index contributed by atoms with van der Waals surface area (Å²) in [4.78, 5) is 0. The van der Waals surface area contributed by atoms with Gasteiger partial charge in [-0.05, 0) is 41.8 Å². The predicted octanol–water partition coefficient (Wildman–Crippen LogP) is 4.49. The van der Waals surface area contributed by atoms with Crippen LogP contribution in [-0.4, -0.2) is 25.4 Å². The molecule has 3 N–H and O–H groups in total. The number of benzene rings is 3. The molecule has 1 aliphatic heterocycles. The van der Waals surface area contributed by atoms with Crippen molar-refractivity contribution < 1.29 is 23.7 Å². The normalized spacial score (nSPS) is 28.1. The quantitative estimate of drug-likeness (QED) is 0.606. The molecule has 3 aromatic rings. The molecule has 1 heterocycles. The molecule has 0 aromatic heterocycles. The third-order valence-electron chi connectivity index (χ3n) is 6.75. The Hall–Kier alpha value is -2.80. The maximum atomic E-state index is 14.2. The van der Waals surface area contributed by atoms with Gasteiger partial charge < -0.3 is 25.1 Å². The first-order valence-corrected chi connectivity index (χ1v) is 10.7. The van der Waals surface area contributed by atoms with Crippen LogP contribution < -0.4 is 19.9 Å². The number of hydrogen-bond donors (Lipinski definition) is 2. The van der Waals surface area contributed by atoms with Gasteiger partial charge in [0, 0.05) is 29.1 Å². The topological polar surface area (TPSA) is 73.9 Å². The van der Waals surface area contributed by atoms with Gasteiger partial charge in [0.25, 0.3) is 0 Å². The first-order valence-electron chi connectivity index (χ1n) is 10.3. The lowest BCUT2D eigenvalue weighted by molar-refractivity contribution is -0.113. The van der Waals surface area contributed by atoms with E-state index < -0.39 is 23.2 Å². The van der Waals surface area contributed by atoms with E-state index in [4.69, 9.17) is 31.5 Å². The molecule has 2 aliphatic rings. The number of fused-ring (bicyclic) bond motifs is 3. The summed E-state index contributed by atoms with van der Waals surface area (Å²) < 4.78 is 31.9. The number of methoxy groups -OCH3 is 2. The molecule has 0 amide bonds. The van der Waals surface area contributed by atoms with Crippen LogP contribution in [0.2, 0.25) is 5.02 Å². The van der Waals surface area contributed by atoms with Gasteiger partial charge in [0.05, 0.1) is 19.8 Å². The van der Waals surface area contributed by atoms with Crippen molar-refractivity contribution >= 4 is 11.6 Å². The zero-order chi connectivity index (χ0) is 22.7. The Kier molecular flexibility index (Phi) is 4.85. The van der Waals surface area contributed by atoms with E-state index in [0.29, 0.717) is 45.4 Å². The van der Waals surface area contributed by atoms with Crippen LogP contribution in [0.1, 0.15) is 29.0 Å². The molecule has 0 unspecified atom stereocenters. The van der Waals surface area contributed by atoms with Crippen molar-refractivity contribution in [3.63, 3.8) is 0 Å². The second-order valence-corrected chi connectivity index (χ2v) is 8.70. The van der Waals surface area contributed by atoms with Gasteiger partial charge in [-0.1, -0.05) is 35.9 Å². The minimum Gasteiger partial charge on any atom is -0.496 e. The predicted molar refractivity (Wildman–Crippen MR) is 119 cm³/mol. The third-order valence-corrected chi connectivity index (χ3v) is 7.01. The third kappa shape index (κ3) is 2.70. The van der Waals surface area contributed by atoms with Crippen LogP contribution in [0, 0.1) is 5.82 Å². The van der Waals surface area contributed by atoms with Gasteiger partial charge in [-0.25, -0.2) is 4.39 Å². The van der Waals surface area contributed by atoms with Crippen LogP contribution in [-0.2, 0) is 11.2 Å². The maximum Gasteiger partial charge on any atom is 0.175 e. The van der Waals surface area contributed by atoms with E-state index in [2.05, 4.69) is 0 Å². The molecule has 1 fully saturated rings. The number of hydrogen-bond acceptors (Lipinski definition) is 5. The minimum atomic E-state index is -1.65. The van der Waals surface area contributed by atoms with Crippen LogP contribution in [0.4, 0.5) is 4.39 Å². The molecule has 3 aromatic carbocycles. The Bertz CT molecular complexity index is 1190. The van der Waals surface area contributed by atoms with Crippen LogP contribution >= 0.6 is 11.6 Å². The number of rotatable bonds is 4. The lowest BCUT2D eigenvalue weighted by Gasteiger charge is -2.41. The highest BCUT2D eigenvalue weighted by Crippen LogP contribution is 2.68. The fourth-order valence-electron chi connectivity index (χ4n) is 5.40. The summed E-state index contributed by atoms with van der Waals surface area (Å²) in [6.07, 6.45) is 0.372. The average Bonchev–Trinajstić information content (AvgIpc) is 3.19. The Morgan fingerprint density at radius 1 is 1.09 bits per heavy atom. The van der Waals surface area contributed by atoms with E-state index in [1.165, 1.54) is 19.2 Å². The van der Waals surface area contributed by atoms with E-state index in [1.807, 2.05) is 18.2 Å². The molecule has 0 saturated heterocycles. The van der Waals surface area contributed by atoms with Crippen molar-refractivity contribution in [3.05, 3.63) is 88.2 Å². The molecular weight excluding hydrogens is 433 g/mol. The highest BCUT2D eigenvalue weighted by Gasteiger charge is 2.72. The van der Waals surface area contributed by atoms with Crippen molar-refractivity contribution in [1.29, 1.82) is 0 Å². The van der Waals surface area contributed by atoms with E-state index in [9.17, 15) is 9.50 Å². The summed E-state index contributed by atoms with van der Waals surface area (Å²) in [6, 6.07) is 16.1. The average molecular weight is 456 g/mol. The SMILES string of the molecule is COc1cc(OC)c2c(c1)O[C@@]1(c3ccc(Cl)cc3)[C@H](c3cccc(F)c3)C[C@H](N)[C@@]21O. The smallest absolute Gasteiger partial charge is 0.175 e. The molecule has 1 aliphatic carbocycles. The van der Waals surface area contributed by atoms with Gasteiger partial charge in [0.2, 0.25) is 0 Å². The van der Waals surface area contributed by atoms with Crippen molar-refractivity contribution in [2.24, 2.45) is 5.73 Å². The minimum absolute atomic E-state index is 0.368. The second kappa shape index (κ2) is 7.37. The first kappa shape index (κ1) is 21.1. The summed E-state index contributed by atoms with van der Waals surface area (Å²) in [5.74, 6) is 0.532. The van der Waals surface area contributed by atoms with Crippen molar-refractivity contribution in [3.8, 4) is 17.2 Å². The fraction of sp³-hybridized carbons (Fsp3) is 0.280. The molecule has 166 valence electrons. The summed E-state index contributed by atoms with van der Waals surface area (Å²) >= 11 is 6.16. The Labute approximate surface area is 190 Å². The summed E-state index contributed by atoms with van der Waals surface area (Å²) in [7, 11) is 3.06. The standard InChI is InChI=1S/C25H23ClFNO4/c1-30-18-11-20(31-2)23-21(12-18)32-25(15-6-8-16(26)9-7-15)19(13-22(28)24(23,25)29)14-4-3-5-17(27)10-14/h3-12,19,22,29H,13,28H2,1-2H3/t19-,22-,24+,25-/m0/s1. The van der Waals surface area contributed by atoms with Gasteiger partial charge in [-0.2, -0.15) is 0 Å². The lowest BCUT2D eigenvalue weighted by Crippen LogP contribution is -2.54. The van der Waals surface area contributed by atoms with E-state index in [-0.39, 0.29) is 5.82 Å². The van der Waals surface area contributed by atoms with Crippen LogP contribution in [0.15, 0.2) is 60.7 Å².